The van der Waals surface area contributed by atoms with Crippen LogP contribution in [0.4, 0.5) is 5.69 Å². The molecular weight excluding hydrogens is 192 g/mol. The van der Waals surface area contributed by atoms with Gasteiger partial charge in [-0.1, -0.05) is 12.1 Å². The summed E-state index contributed by atoms with van der Waals surface area (Å²) in [6.45, 7) is 1.51. The van der Waals surface area contributed by atoms with Crippen LogP contribution in [0, 0.1) is 11.3 Å². The molecule has 0 aliphatic carbocycles. The fourth-order valence-corrected chi connectivity index (χ4v) is 1.71. The molecule has 0 bridgehead atoms. The topological polar surface area (TPSA) is 73.1 Å². The van der Waals surface area contributed by atoms with E-state index in [0.29, 0.717) is 11.3 Å². The Hall–Kier alpha value is -1.86. The molecule has 1 aliphatic heterocycles. The number of aliphatic hydroxyl groups is 1. The second-order valence-electron chi connectivity index (χ2n) is 3.73. The summed E-state index contributed by atoms with van der Waals surface area (Å²) in [6, 6.07) is 7.13. The highest BCUT2D eigenvalue weighted by atomic mass is 16.3. The first-order valence-corrected chi connectivity index (χ1v) is 4.59. The summed E-state index contributed by atoms with van der Waals surface area (Å²) in [5, 5.41) is 20.6. The number of fused-ring (bicyclic) bond motifs is 1. The lowest BCUT2D eigenvalue weighted by atomic mass is 9.85. The fraction of sp³-hybridized carbons (Fsp3) is 0.273. The van der Waals surface area contributed by atoms with Crippen LogP contribution in [0.15, 0.2) is 18.2 Å². The lowest BCUT2D eigenvalue weighted by molar-refractivity contribution is -0.118. The number of nitriles is 1. The Balaban J connectivity index is 2.59. The summed E-state index contributed by atoms with van der Waals surface area (Å²) in [5.41, 5.74) is 0.905. The lowest BCUT2D eigenvalue weighted by Gasteiger charge is -2.11. The van der Waals surface area contributed by atoms with Gasteiger partial charge in [0, 0.05) is 11.3 Å². The van der Waals surface area contributed by atoms with Gasteiger partial charge in [-0.25, -0.2) is 0 Å². The molecule has 76 valence electrons. The van der Waals surface area contributed by atoms with Crippen molar-refractivity contribution in [3.05, 3.63) is 29.3 Å². The Kier molecular flexibility index (Phi) is 1.98. The molecule has 2 rings (SSSR count). The summed E-state index contributed by atoms with van der Waals surface area (Å²) in [6.07, 6.45) is 0. The molecule has 1 unspecified atom stereocenters. The van der Waals surface area contributed by atoms with E-state index in [2.05, 4.69) is 5.32 Å². The average Bonchev–Trinajstić information content (AvgIpc) is 2.51. The average molecular weight is 202 g/mol. The first-order chi connectivity index (χ1) is 7.11. The molecule has 4 nitrogen and oxygen atoms in total. The first-order valence-electron chi connectivity index (χ1n) is 4.59. The van der Waals surface area contributed by atoms with Crippen LogP contribution in [0.5, 0.6) is 0 Å². The van der Waals surface area contributed by atoms with Gasteiger partial charge < -0.3 is 10.4 Å². The largest absolute Gasteiger partial charge is 0.392 e. The summed E-state index contributed by atoms with van der Waals surface area (Å²) < 4.78 is 0. The van der Waals surface area contributed by atoms with E-state index in [9.17, 15) is 4.79 Å². The SMILES string of the molecule is CC1(C#N)C(=O)Nc2cc(CO)ccc21. The summed E-state index contributed by atoms with van der Waals surface area (Å²) in [5.74, 6) is -0.310. The summed E-state index contributed by atoms with van der Waals surface area (Å²) >= 11 is 0. The number of benzene rings is 1. The molecule has 1 amide bonds. The van der Waals surface area contributed by atoms with E-state index in [1.54, 1.807) is 25.1 Å². The van der Waals surface area contributed by atoms with Crippen molar-refractivity contribution in [3.8, 4) is 6.07 Å². The molecule has 1 aromatic carbocycles. The highest BCUT2D eigenvalue weighted by Gasteiger charge is 2.43. The van der Waals surface area contributed by atoms with Gasteiger partial charge in [0.05, 0.1) is 12.7 Å². The molecule has 1 aliphatic rings. The number of nitrogens with zero attached hydrogens (tertiary/aromatic N) is 1. The van der Waals surface area contributed by atoms with Crippen LogP contribution in [0.1, 0.15) is 18.1 Å². The molecule has 1 atom stereocenters. The van der Waals surface area contributed by atoms with Gasteiger partial charge in [-0.2, -0.15) is 5.26 Å². The van der Waals surface area contributed by atoms with E-state index < -0.39 is 5.41 Å². The van der Waals surface area contributed by atoms with Crippen LogP contribution < -0.4 is 5.32 Å². The Morgan fingerprint density at radius 1 is 1.60 bits per heavy atom. The number of carbonyl (C=O) groups is 1. The van der Waals surface area contributed by atoms with Crippen molar-refractivity contribution in [1.82, 2.24) is 0 Å². The normalized spacial score (nSPS) is 23.1. The zero-order valence-electron chi connectivity index (χ0n) is 8.24. The molecule has 1 heterocycles. The molecule has 0 radical (unpaired) electrons. The molecule has 15 heavy (non-hydrogen) atoms. The molecule has 0 saturated heterocycles. The van der Waals surface area contributed by atoms with Crippen molar-refractivity contribution in [2.24, 2.45) is 0 Å². The van der Waals surface area contributed by atoms with Gasteiger partial charge in [0.25, 0.3) is 0 Å². The highest BCUT2D eigenvalue weighted by molar-refractivity contribution is 6.08. The molecule has 0 aromatic heterocycles. The molecule has 0 saturated carbocycles. The Labute approximate surface area is 87.1 Å². The minimum Gasteiger partial charge on any atom is -0.392 e. The van der Waals surface area contributed by atoms with Gasteiger partial charge in [0.15, 0.2) is 5.41 Å². The van der Waals surface area contributed by atoms with Crippen LogP contribution >= 0.6 is 0 Å². The number of rotatable bonds is 1. The third kappa shape index (κ3) is 1.21. The van der Waals surface area contributed by atoms with Crippen molar-refractivity contribution in [1.29, 1.82) is 5.26 Å². The molecule has 1 aromatic rings. The second kappa shape index (κ2) is 3.07. The molecular formula is C11H10N2O2. The van der Waals surface area contributed by atoms with Gasteiger partial charge in [-0.3, -0.25) is 4.79 Å². The molecule has 2 N–H and O–H groups in total. The Morgan fingerprint density at radius 3 is 2.93 bits per heavy atom. The van der Waals surface area contributed by atoms with Crippen LogP contribution in [-0.4, -0.2) is 11.0 Å². The number of aliphatic hydroxyl groups excluding tert-OH is 1. The van der Waals surface area contributed by atoms with Gasteiger partial charge in [0.2, 0.25) is 5.91 Å². The zero-order chi connectivity index (χ0) is 11.1. The molecule has 0 spiro atoms. The number of amides is 1. The van der Waals surface area contributed by atoms with Crippen LogP contribution in [0.25, 0.3) is 0 Å². The van der Waals surface area contributed by atoms with E-state index in [1.807, 2.05) is 6.07 Å². The van der Waals surface area contributed by atoms with Crippen LogP contribution in [0.3, 0.4) is 0 Å². The number of hydrogen-bond acceptors (Lipinski definition) is 3. The standard InChI is InChI=1S/C11H10N2O2/c1-11(6-12)8-3-2-7(5-14)4-9(8)13-10(11)15/h2-4,14H,5H2,1H3,(H,13,15). The van der Waals surface area contributed by atoms with Crippen molar-refractivity contribution in [2.45, 2.75) is 18.9 Å². The maximum absolute atomic E-state index is 11.6. The Bertz CT molecular complexity index is 476. The monoisotopic (exact) mass is 202 g/mol. The quantitative estimate of drug-likeness (QED) is 0.711. The number of hydrogen-bond donors (Lipinski definition) is 2. The minimum atomic E-state index is -1.11. The smallest absolute Gasteiger partial charge is 0.249 e. The zero-order valence-corrected chi connectivity index (χ0v) is 8.24. The van der Waals surface area contributed by atoms with E-state index in [1.165, 1.54) is 0 Å². The second-order valence-corrected chi connectivity index (χ2v) is 3.73. The van der Waals surface area contributed by atoms with Crippen molar-refractivity contribution >= 4 is 11.6 Å². The van der Waals surface area contributed by atoms with E-state index in [4.69, 9.17) is 10.4 Å². The predicted octanol–water partition coefficient (Wildman–Crippen LogP) is 0.912. The number of anilines is 1. The van der Waals surface area contributed by atoms with Crippen LogP contribution in [-0.2, 0) is 16.8 Å². The van der Waals surface area contributed by atoms with Gasteiger partial charge in [-0.05, 0) is 18.6 Å². The van der Waals surface area contributed by atoms with E-state index in [-0.39, 0.29) is 12.5 Å². The third-order valence-corrected chi connectivity index (χ3v) is 2.73. The fourth-order valence-electron chi connectivity index (χ4n) is 1.71. The van der Waals surface area contributed by atoms with Gasteiger partial charge in [0.1, 0.15) is 0 Å². The maximum atomic E-state index is 11.6. The maximum Gasteiger partial charge on any atom is 0.249 e. The highest BCUT2D eigenvalue weighted by Crippen LogP contribution is 2.37. The van der Waals surface area contributed by atoms with Crippen LogP contribution in [0.2, 0.25) is 0 Å². The predicted molar refractivity (Wildman–Crippen MR) is 54.0 cm³/mol. The van der Waals surface area contributed by atoms with Gasteiger partial charge in [-0.15, -0.1) is 0 Å². The summed E-state index contributed by atoms with van der Waals surface area (Å²) in [4.78, 5) is 11.6. The number of carbonyl (C=O) groups excluding carboxylic acids is 1. The van der Waals surface area contributed by atoms with Crippen molar-refractivity contribution < 1.29 is 9.90 Å². The number of nitrogens with one attached hydrogen (secondary N) is 1. The van der Waals surface area contributed by atoms with Crippen molar-refractivity contribution in [3.63, 3.8) is 0 Å². The summed E-state index contributed by atoms with van der Waals surface area (Å²) in [7, 11) is 0. The Morgan fingerprint density at radius 2 is 2.33 bits per heavy atom. The first kappa shape index (κ1) is 9.69. The van der Waals surface area contributed by atoms with Crippen molar-refractivity contribution in [2.75, 3.05) is 5.32 Å². The van der Waals surface area contributed by atoms with Gasteiger partial charge >= 0.3 is 0 Å². The lowest BCUT2D eigenvalue weighted by Crippen LogP contribution is -2.28. The van der Waals surface area contributed by atoms with E-state index in [0.717, 1.165) is 5.56 Å². The van der Waals surface area contributed by atoms with E-state index >= 15 is 0 Å². The molecule has 0 fully saturated rings. The third-order valence-electron chi connectivity index (χ3n) is 2.73. The minimum absolute atomic E-state index is 0.0770. The molecule has 4 heteroatoms.